The van der Waals surface area contributed by atoms with E-state index in [1.807, 2.05) is 6.92 Å². The molecule has 0 aromatic heterocycles. The fraction of sp³-hybridized carbons (Fsp3) is 0.909. The fourth-order valence-electron chi connectivity index (χ4n) is 1.82. The summed E-state index contributed by atoms with van der Waals surface area (Å²) in [6.07, 6.45) is -4.09. The lowest BCUT2D eigenvalue weighted by molar-refractivity contribution is -0.240. The summed E-state index contributed by atoms with van der Waals surface area (Å²) < 4.78 is 10.3. The number of aliphatic hydroxyl groups is 3. The second-order valence-electron chi connectivity index (χ2n) is 4.37. The van der Waals surface area contributed by atoms with Crippen molar-refractivity contribution in [2.45, 2.75) is 44.4 Å². The van der Waals surface area contributed by atoms with Crippen molar-refractivity contribution < 1.29 is 29.6 Å². The van der Waals surface area contributed by atoms with Crippen LogP contribution in [0.5, 0.6) is 0 Å². The van der Waals surface area contributed by atoms with E-state index < -0.39 is 37.3 Å². The van der Waals surface area contributed by atoms with Gasteiger partial charge in [-0.05, 0) is 6.42 Å². The van der Waals surface area contributed by atoms with Crippen molar-refractivity contribution >= 4 is 18.7 Å². The first-order valence-corrected chi connectivity index (χ1v) is 6.85. The van der Waals surface area contributed by atoms with Crippen LogP contribution < -0.4 is 0 Å². The normalized spacial score (nSPS) is 31.0. The predicted molar refractivity (Wildman–Crippen MR) is 69.7 cm³/mol. The molecule has 0 unspecified atom stereocenters. The highest BCUT2D eigenvalue weighted by atomic mass is 32.1. The van der Waals surface area contributed by atoms with E-state index in [1.165, 1.54) is 4.90 Å². The highest BCUT2D eigenvalue weighted by Crippen LogP contribution is 2.21. The quantitative estimate of drug-likeness (QED) is 0.405. The van der Waals surface area contributed by atoms with Crippen molar-refractivity contribution in [3.8, 4) is 0 Å². The summed E-state index contributed by atoms with van der Waals surface area (Å²) in [6.45, 7) is 1.96. The van der Waals surface area contributed by atoms with Gasteiger partial charge in [0.2, 0.25) is 6.29 Å². The van der Waals surface area contributed by atoms with Crippen LogP contribution in [0.2, 0.25) is 0 Å². The number of aliphatic hydroxyl groups excluding tert-OH is 3. The van der Waals surface area contributed by atoms with Crippen molar-refractivity contribution in [2.24, 2.45) is 0 Å². The summed E-state index contributed by atoms with van der Waals surface area (Å²) in [7, 11) is 0. The average Bonchev–Trinajstić information content (AvgIpc) is 2.39. The van der Waals surface area contributed by atoms with Gasteiger partial charge in [-0.25, -0.2) is 4.79 Å². The molecule has 8 heteroatoms. The van der Waals surface area contributed by atoms with Crippen molar-refractivity contribution in [2.75, 3.05) is 19.0 Å². The van der Waals surface area contributed by atoms with Crippen LogP contribution in [0.25, 0.3) is 0 Å². The Bertz CT molecular complexity index is 292. The standard InChI is InChI=1S/C11H21NO6S/c1-2-3-12(6-19)11(16)18-9-4-7(14)10(15)8(5-13)17-9/h7-10,13-15,19H,2-6H2,1H3/t7-,8-,9+,10-/m1/s1. The molecule has 0 radical (unpaired) electrons. The summed E-state index contributed by atoms with van der Waals surface area (Å²) >= 11 is 4.03. The second kappa shape index (κ2) is 7.91. The Morgan fingerprint density at radius 3 is 2.74 bits per heavy atom. The maximum absolute atomic E-state index is 11.8. The topological polar surface area (TPSA) is 99.5 Å². The van der Waals surface area contributed by atoms with Crippen LogP contribution in [0.15, 0.2) is 0 Å². The molecule has 1 heterocycles. The summed E-state index contributed by atoms with van der Waals surface area (Å²) in [5.41, 5.74) is 0. The molecule has 0 aromatic rings. The van der Waals surface area contributed by atoms with Gasteiger partial charge >= 0.3 is 6.09 Å². The molecule has 0 saturated carbocycles. The van der Waals surface area contributed by atoms with Gasteiger partial charge in [-0.15, -0.1) is 0 Å². The van der Waals surface area contributed by atoms with Gasteiger partial charge in [0.15, 0.2) is 0 Å². The van der Waals surface area contributed by atoms with Crippen LogP contribution in [0.3, 0.4) is 0 Å². The van der Waals surface area contributed by atoms with Gasteiger partial charge in [-0.1, -0.05) is 6.92 Å². The zero-order valence-corrected chi connectivity index (χ0v) is 11.7. The monoisotopic (exact) mass is 295 g/mol. The van der Waals surface area contributed by atoms with Gasteiger partial charge in [0.1, 0.15) is 12.2 Å². The van der Waals surface area contributed by atoms with Crippen LogP contribution in [-0.2, 0) is 9.47 Å². The number of ether oxygens (including phenoxy) is 2. The first-order valence-electron chi connectivity index (χ1n) is 6.22. The minimum Gasteiger partial charge on any atom is -0.419 e. The molecule has 1 fully saturated rings. The maximum Gasteiger partial charge on any atom is 0.412 e. The molecule has 0 aromatic carbocycles. The third kappa shape index (κ3) is 4.50. The smallest absolute Gasteiger partial charge is 0.412 e. The number of carbonyl (C=O) groups is 1. The molecule has 0 aliphatic carbocycles. The van der Waals surface area contributed by atoms with E-state index in [0.29, 0.717) is 6.54 Å². The number of hydrogen-bond donors (Lipinski definition) is 4. The SMILES string of the molecule is CCCN(CS)C(=O)O[C@H]1C[C@@H](O)[C@@H](O)[C@@H](CO)O1. The first kappa shape index (κ1) is 16.5. The van der Waals surface area contributed by atoms with Crippen molar-refractivity contribution in [3.05, 3.63) is 0 Å². The summed E-state index contributed by atoms with van der Waals surface area (Å²) in [5.74, 6) is 0.216. The van der Waals surface area contributed by atoms with Gasteiger partial charge in [-0.2, -0.15) is 12.6 Å². The molecule has 0 bridgehead atoms. The van der Waals surface area contributed by atoms with E-state index in [1.54, 1.807) is 0 Å². The third-order valence-corrected chi connectivity index (χ3v) is 3.21. The predicted octanol–water partition coefficient (Wildman–Crippen LogP) is -0.449. The number of carbonyl (C=O) groups excluding carboxylic acids is 1. The van der Waals surface area contributed by atoms with Crippen molar-refractivity contribution in [1.29, 1.82) is 0 Å². The molecule has 0 spiro atoms. The lowest BCUT2D eigenvalue weighted by Crippen LogP contribution is -2.51. The van der Waals surface area contributed by atoms with E-state index >= 15 is 0 Å². The minimum atomic E-state index is -1.18. The molecule has 1 saturated heterocycles. The third-order valence-electron chi connectivity index (χ3n) is 2.87. The van der Waals surface area contributed by atoms with Crippen molar-refractivity contribution in [3.63, 3.8) is 0 Å². The van der Waals surface area contributed by atoms with Gasteiger partial charge < -0.3 is 24.8 Å². The van der Waals surface area contributed by atoms with Crippen LogP contribution in [0.4, 0.5) is 4.79 Å². The lowest BCUT2D eigenvalue weighted by Gasteiger charge is -2.36. The molecule has 1 amide bonds. The molecule has 112 valence electrons. The summed E-state index contributed by atoms with van der Waals surface area (Å²) in [6, 6.07) is 0. The number of thiol groups is 1. The number of amides is 1. The second-order valence-corrected chi connectivity index (χ2v) is 4.65. The average molecular weight is 295 g/mol. The molecule has 1 rings (SSSR count). The van der Waals surface area contributed by atoms with Gasteiger partial charge in [-0.3, -0.25) is 4.90 Å². The molecule has 7 nitrogen and oxygen atoms in total. The van der Waals surface area contributed by atoms with Gasteiger partial charge in [0.25, 0.3) is 0 Å². The van der Waals surface area contributed by atoms with Crippen LogP contribution in [0.1, 0.15) is 19.8 Å². The minimum absolute atomic E-state index is 0.0318. The van der Waals surface area contributed by atoms with Crippen molar-refractivity contribution in [1.82, 2.24) is 4.90 Å². The highest BCUT2D eigenvalue weighted by molar-refractivity contribution is 7.80. The van der Waals surface area contributed by atoms with E-state index in [4.69, 9.17) is 14.6 Å². The van der Waals surface area contributed by atoms with E-state index in [-0.39, 0.29) is 12.3 Å². The Balaban J connectivity index is 2.54. The molecule has 3 N–H and O–H groups in total. The Kier molecular flexibility index (Phi) is 6.87. The Hall–Kier alpha value is -0.540. The largest absolute Gasteiger partial charge is 0.419 e. The number of nitrogens with zero attached hydrogens (tertiary/aromatic N) is 1. The lowest BCUT2D eigenvalue weighted by atomic mass is 10.0. The number of hydrogen-bond acceptors (Lipinski definition) is 7. The van der Waals surface area contributed by atoms with E-state index in [9.17, 15) is 15.0 Å². The maximum atomic E-state index is 11.8. The highest BCUT2D eigenvalue weighted by Gasteiger charge is 2.38. The van der Waals surface area contributed by atoms with E-state index in [0.717, 1.165) is 6.42 Å². The summed E-state index contributed by atoms with van der Waals surface area (Å²) in [5, 5.41) is 28.1. The zero-order chi connectivity index (χ0) is 14.4. The zero-order valence-electron chi connectivity index (χ0n) is 10.8. The Labute approximate surface area is 117 Å². The molecule has 1 aliphatic heterocycles. The van der Waals surface area contributed by atoms with Gasteiger partial charge in [0, 0.05) is 13.0 Å². The Morgan fingerprint density at radius 2 is 2.21 bits per heavy atom. The van der Waals surface area contributed by atoms with Crippen LogP contribution in [-0.4, -0.2) is 69.9 Å². The van der Waals surface area contributed by atoms with Gasteiger partial charge in [0.05, 0.1) is 18.6 Å². The molecule has 1 aliphatic rings. The molecule has 4 atom stereocenters. The Morgan fingerprint density at radius 1 is 1.53 bits per heavy atom. The molecular formula is C11H21NO6S. The number of rotatable bonds is 5. The molecule has 19 heavy (non-hydrogen) atoms. The van der Waals surface area contributed by atoms with Crippen LogP contribution in [0, 0.1) is 0 Å². The first-order chi connectivity index (χ1) is 9.03. The summed E-state index contributed by atoms with van der Waals surface area (Å²) in [4.78, 5) is 13.2. The van der Waals surface area contributed by atoms with Crippen LogP contribution >= 0.6 is 12.6 Å². The molecular weight excluding hydrogens is 274 g/mol. The fourth-order valence-corrected chi connectivity index (χ4v) is 2.08. The van der Waals surface area contributed by atoms with E-state index in [2.05, 4.69) is 12.6 Å².